The second-order valence-electron chi connectivity index (χ2n) is 4.65. The lowest BCUT2D eigenvalue weighted by Gasteiger charge is -2.15. The summed E-state index contributed by atoms with van der Waals surface area (Å²) in [5, 5.41) is 3.90. The number of imide groups is 1. The van der Waals surface area contributed by atoms with Crippen LogP contribution >= 0.6 is 23.2 Å². The maximum absolute atomic E-state index is 12.4. The van der Waals surface area contributed by atoms with Gasteiger partial charge in [-0.2, -0.15) is 0 Å². The van der Waals surface area contributed by atoms with E-state index < -0.39 is 11.8 Å². The van der Waals surface area contributed by atoms with Gasteiger partial charge >= 0.3 is 0 Å². The van der Waals surface area contributed by atoms with E-state index in [9.17, 15) is 9.59 Å². The van der Waals surface area contributed by atoms with Gasteiger partial charge in [0.25, 0.3) is 11.8 Å². The average molecular weight is 333 g/mol. The minimum absolute atomic E-state index is 0.187. The molecule has 4 nitrogen and oxygen atoms in total. The van der Waals surface area contributed by atoms with E-state index in [2.05, 4.69) is 5.32 Å². The summed E-state index contributed by atoms with van der Waals surface area (Å²) in [6.45, 7) is 0. The molecule has 0 radical (unpaired) electrons. The third-order valence-corrected chi connectivity index (χ3v) is 3.56. The second-order valence-corrected chi connectivity index (χ2v) is 5.52. The van der Waals surface area contributed by atoms with Crippen molar-refractivity contribution in [3.05, 3.63) is 70.3 Å². The summed E-state index contributed by atoms with van der Waals surface area (Å²) in [6, 6.07) is 13.5. The molecule has 110 valence electrons. The normalized spacial score (nSPS) is 14.3. The van der Waals surface area contributed by atoms with Gasteiger partial charge in [-0.15, -0.1) is 0 Å². The van der Waals surface area contributed by atoms with Crippen LogP contribution in [0, 0.1) is 0 Å². The van der Waals surface area contributed by atoms with Gasteiger partial charge in [-0.3, -0.25) is 9.59 Å². The Balaban J connectivity index is 1.86. The maximum Gasteiger partial charge on any atom is 0.281 e. The fraction of sp³-hybridized carbons (Fsp3) is 0. The smallest absolute Gasteiger partial charge is 0.281 e. The zero-order valence-corrected chi connectivity index (χ0v) is 12.7. The Morgan fingerprint density at radius 3 is 2.27 bits per heavy atom. The van der Waals surface area contributed by atoms with Crippen molar-refractivity contribution in [1.82, 2.24) is 0 Å². The molecule has 2 aromatic rings. The Morgan fingerprint density at radius 1 is 0.909 bits per heavy atom. The Hall–Kier alpha value is -2.30. The predicted molar refractivity (Wildman–Crippen MR) is 87.1 cm³/mol. The van der Waals surface area contributed by atoms with Crippen LogP contribution in [0.25, 0.3) is 0 Å². The average Bonchev–Trinajstić information content (AvgIpc) is 2.73. The van der Waals surface area contributed by atoms with E-state index >= 15 is 0 Å². The molecule has 0 fully saturated rings. The Bertz CT molecular complexity index is 802. The number of carbonyl (C=O) groups excluding carboxylic acids is 2. The molecule has 1 N–H and O–H groups in total. The van der Waals surface area contributed by atoms with Crippen LogP contribution in [0.15, 0.2) is 60.3 Å². The number of benzene rings is 2. The molecule has 0 bridgehead atoms. The van der Waals surface area contributed by atoms with E-state index in [1.54, 1.807) is 48.5 Å². The van der Waals surface area contributed by atoms with Gasteiger partial charge in [-0.05, 0) is 36.4 Å². The van der Waals surface area contributed by atoms with E-state index in [0.29, 0.717) is 21.4 Å². The zero-order valence-electron chi connectivity index (χ0n) is 11.2. The molecule has 2 aromatic carbocycles. The Kier molecular flexibility index (Phi) is 3.88. The maximum atomic E-state index is 12.4. The number of nitrogens with zero attached hydrogens (tertiary/aromatic N) is 1. The monoisotopic (exact) mass is 332 g/mol. The first-order valence-corrected chi connectivity index (χ1v) is 7.18. The summed E-state index contributed by atoms with van der Waals surface area (Å²) in [5.41, 5.74) is 1.25. The van der Waals surface area contributed by atoms with E-state index in [1.165, 1.54) is 6.08 Å². The summed E-state index contributed by atoms with van der Waals surface area (Å²) >= 11 is 11.8. The lowest BCUT2D eigenvalue weighted by atomic mass is 10.3. The van der Waals surface area contributed by atoms with Crippen molar-refractivity contribution in [3.8, 4) is 0 Å². The van der Waals surface area contributed by atoms with Crippen LogP contribution in [0.5, 0.6) is 0 Å². The molecule has 22 heavy (non-hydrogen) atoms. The van der Waals surface area contributed by atoms with Crippen LogP contribution in [0.2, 0.25) is 10.0 Å². The van der Waals surface area contributed by atoms with Gasteiger partial charge in [0.15, 0.2) is 0 Å². The number of hydrogen-bond acceptors (Lipinski definition) is 3. The van der Waals surface area contributed by atoms with Crippen molar-refractivity contribution in [2.45, 2.75) is 0 Å². The van der Waals surface area contributed by atoms with Crippen molar-refractivity contribution < 1.29 is 9.59 Å². The van der Waals surface area contributed by atoms with Crippen LogP contribution < -0.4 is 10.2 Å². The number of carbonyl (C=O) groups is 2. The zero-order chi connectivity index (χ0) is 15.7. The standard InChI is InChI=1S/C16H10Cl2N2O2/c17-10-3-1-5-12(7-10)19-14-9-15(21)20(16(14)22)13-6-2-4-11(18)8-13/h1-9,19H. The molecule has 0 aliphatic carbocycles. The number of nitrogens with one attached hydrogen (secondary N) is 1. The molecule has 0 saturated heterocycles. The van der Waals surface area contributed by atoms with Gasteiger partial charge in [0.05, 0.1) is 5.69 Å². The molecule has 1 aliphatic heterocycles. The van der Waals surface area contributed by atoms with E-state index in [-0.39, 0.29) is 5.70 Å². The molecule has 2 amide bonds. The molecule has 0 aromatic heterocycles. The minimum Gasteiger partial charge on any atom is -0.351 e. The van der Waals surface area contributed by atoms with E-state index in [0.717, 1.165) is 4.90 Å². The highest BCUT2D eigenvalue weighted by molar-refractivity contribution is 6.33. The summed E-state index contributed by atoms with van der Waals surface area (Å²) in [6.07, 6.45) is 1.25. The first-order valence-electron chi connectivity index (χ1n) is 6.43. The number of rotatable bonds is 3. The van der Waals surface area contributed by atoms with Crippen LogP contribution in [0.1, 0.15) is 0 Å². The topological polar surface area (TPSA) is 49.4 Å². The predicted octanol–water partition coefficient (Wildman–Crippen LogP) is 3.86. The van der Waals surface area contributed by atoms with Gasteiger partial charge < -0.3 is 5.32 Å². The van der Waals surface area contributed by atoms with Crippen LogP contribution in [-0.2, 0) is 9.59 Å². The van der Waals surface area contributed by atoms with Gasteiger partial charge in [-0.1, -0.05) is 35.3 Å². The molecule has 0 atom stereocenters. The van der Waals surface area contributed by atoms with Crippen LogP contribution in [-0.4, -0.2) is 11.8 Å². The van der Waals surface area contributed by atoms with Crippen molar-refractivity contribution in [3.63, 3.8) is 0 Å². The first kappa shape index (κ1) is 14.6. The Morgan fingerprint density at radius 2 is 1.59 bits per heavy atom. The highest BCUT2D eigenvalue weighted by atomic mass is 35.5. The van der Waals surface area contributed by atoms with Gasteiger partial charge in [0.1, 0.15) is 5.70 Å². The Labute approximate surface area is 136 Å². The van der Waals surface area contributed by atoms with Crippen LogP contribution in [0.4, 0.5) is 11.4 Å². The van der Waals surface area contributed by atoms with Gasteiger partial charge in [-0.25, -0.2) is 4.90 Å². The van der Waals surface area contributed by atoms with Gasteiger partial charge in [0, 0.05) is 21.8 Å². The number of halogens is 2. The number of hydrogen-bond donors (Lipinski definition) is 1. The molecule has 3 rings (SSSR count). The summed E-state index contributed by atoms with van der Waals surface area (Å²) < 4.78 is 0. The van der Waals surface area contributed by atoms with Crippen molar-refractivity contribution in [2.75, 3.05) is 10.2 Å². The van der Waals surface area contributed by atoms with E-state index in [1.807, 2.05) is 0 Å². The highest BCUT2D eigenvalue weighted by Gasteiger charge is 2.32. The summed E-state index contributed by atoms with van der Waals surface area (Å²) in [4.78, 5) is 25.6. The fourth-order valence-corrected chi connectivity index (χ4v) is 2.52. The number of amides is 2. The summed E-state index contributed by atoms with van der Waals surface area (Å²) in [5.74, 6) is -0.857. The summed E-state index contributed by atoms with van der Waals surface area (Å²) in [7, 11) is 0. The van der Waals surface area contributed by atoms with Crippen molar-refractivity contribution in [2.24, 2.45) is 0 Å². The lowest BCUT2D eigenvalue weighted by Crippen LogP contribution is -2.31. The molecule has 0 spiro atoms. The molecular weight excluding hydrogens is 323 g/mol. The highest BCUT2D eigenvalue weighted by Crippen LogP contribution is 2.26. The first-order chi connectivity index (χ1) is 10.5. The van der Waals surface area contributed by atoms with Crippen LogP contribution in [0.3, 0.4) is 0 Å². The number of anilines is 2. The fourth-order valence-electron chi connectivity index (χ4n) is 2.14. The van der Waals surface area contributed by atoms with E-state index in [4.69, 9.17) is 23.2 Å². The SMILES string of the molecule is O=C1C=C(Nc2cccc(Cl)c2)C(=O)N1c1cccc(Cl)c1. The third-order valence-electron chi connectivity index (χ3n) is 3.09. The van der Waals surface area contributed by atoms with Crippen molar-refractivity contribution >= 4 is 46.4 Å². The van der Waals surface area contributed by atoms with Crippen molar-refractivity contribution in [1.29, 1.82) is 0 Å². The molecule has 1 heterocycles. The minimum atomic E-state index is -0.438. The van der Waals surface area contributed by atoms with Gasteiger partial charge in [0.2, 0.25) is 0 Å². The molecular formula is C16H10Cl2N2O2. The second kappa shape index (κ2) is 5.83. The largest absolute Gasteiger partial charge is 0.351 e. The third kappa shape index (κ3) is 2.84. The molecule has 6 heteroatoms. The lowest BCUT2D eigenvalue weighted by molar-refractivity contribution is -0.120. The molecule has 0 unspecified atom stereocenters. The quantitative estimate of drug-likeness (QED) is 0.868. The molecule has 0 saturated carbocycles. The molecule has 1 aliphatic rings.